The van der Waals surface area contributed by atoms with Crippen molar-refractivity contribution < 1.29 is 28.9 Å². The molecule has 7 unspecified atom stereocenters. The number of aliphatic hydroxyl groups excluding tert-OH is 3. The fourth-order valence-corrected chi connectivity index (χ4v) is 6.03. The van der Waals surface area contributed by atoms with Gasteiger partial charge in [0.1, 0.15) is 12.0 Å². The minimum atomic E-state index is -1.68. The fraction of sp³-hybridized carbons (Fsp3) is 0.593. The third-order valence-corrected chi connectivity index (χ3v) is 8.26. The van der Waals surface area contributed by atoms with Crippen molar-refractivity contribution >= 4 is 29.1 Å². The molecule has 1 saturated heterocycles. The van der Waals surface area contributed by atoms with Crippen LogP contribution in [0.15, 0.2) is 41.5 Å². The van der Waals surface area contributed by atoms with E-state index in [2.05, 4.69) is 10.6 Å². The van der Waals surface area contributed by atoms with E-state index in [1.54, 1.807) is 12.2 Å². The minimum Gasteiger partial charge on any atom is -0.396 e. The van der Waals surface area contributed by atoms with E-state index in [9.17, 15) is 15.0 Å². The highest BCUT2D eigenvalue weighted by Crippen LogP contribution is 2.50. The number of nitrogens with two attached hydrogens (primary N) is 1. The maximum atomic E-state index is 15.7. The normalized spacial score (nSPS) is 30.3. The minimum absolute atomic E-state index is 0.0503. The zero-order chi connectivity index (χ0) is 28.3. The molecule has 1 aliphatic carbocycles. The standard InChI is InChI=1S/C27H37Cl2F2N3O4/c1-26(2,9-11-35)13-21-27(32,18-7-6-15(28)12-20(18)30)22(17-4-3-5-19(29)23(17)31)24(34-21)25(38)33-10-8-16(37)14-36/h3-7,12,16-17,21-24,34-37H,8-11,13-14,32H2,1-2H3,(H,33,38). The van der Waals surface area contributed by atoms with Crippen LogP contribution in [0.5, 0.6) is 0 Å². The predicted octanol–water partition coefficient (Wildman–Crippen LogP) is 2.89. The van der Waals surface area contributed by atoms with Gasteiger partial charge in [0.2, 0.25) is 5.91 Å². The number of benzene rings is 1. The van der Waals surface area contributed by atoms with Crippen molar-refractivity contribution in [2.24, 2.45) is 23.0 Å². The highest BCUT2D eigenvalue weighted by Gasteiger charge is 2.60. The Kier molecular flexibility index (Phi) is 10.4. The molecule has 7 atom stereocenters. The molecule has 1 aliphatic heterocycles. The second-order valence-electron chi connectivity index (χ2n) is 11.0. The highest BCUT2D eigenvalue weighted by atomic mass is 35.5. The van der Waals surface area contributed by atoms with Crippen LogP contribution in [-0.2, 0) is 10.3 Å². The van der Waals surface area contributed by atoms with Crippen LogP contribution < -0.4 is 16.4 Å². The molecule has 0 saturated carbocycles. The van der Waals surface area contributed by atoms with Gasteiger partial charge in [-0.2, -0.15) is 0 Å². The summed E-state index contributed by atoms with van der Waals surface area (Å²) < 4.78 is 31.2. The molecule has 1 fully saturated rings. The topological polar surface area (TPSA) is 128 Å². The van der Waals surface area contributed by atoms with Crippen LogP contribution >= 0.6 is 23.2 Å². The summed E-state index contributed by atoms with van der Waals surface area (Å²) in [7, 11) is 0. The maximum absolute atomic E-state index is 15.7. The molecule has 7 nitrogen and oxygen atoms in total. The van der Waals surface area contributed by atoms with E-state index in [0.29, 0.717) is 12.8 Å². The number of hydrogen-bond acceptors (Lipinski definition) is 6. The van der Waals surface area contributed by atoms with Crippen molar-refractivity contribution in [1.82, 2.24) is 10.6 Å². The van der Waals surface area contributed by atoms with E-state index in [1.807, 2.05) is 13.8 Å². The van der Waals surface area contributed by atoms with E-state index < -0.39 is 65.5 Å². The van der Waals surface area contributed by atoms with Crippen LogP contribution in [-0.4, -0.2) is 65.3 Å². The summed E-state index contributed by atoms with van der Waals surface area (Å²) in [5, 5.41) is 34.5. The third kappa shape index (κ3) is 6.58. The van der Waals surface area contributed by atoms with Gasteiger partial charge in [-0.1, -0.05) is 55.3 Å². The summed E-state index contributed by atoms with van der Waals surface area (Å²) in [6, 6.07) is 2.36. The van der Waals surface area contributed by atoms with E-state index in [-0.39, 0.29) is 35.2 Å². The molecule has 38 heavy (non-hydrogen) atoms. The number of hydrogen-bond donors (Lipinski definition) is 6. The number of nitrogens with one attached hydrogen (secondary N) is 2. The molecule has 11 heteroatoms. The Balaban J connectivity index is 2.12. The van der Waals surface area contributed by atoms with Gasteiger partial charge in [-0.3, -0.25) is 4.79 Å². The molecule has 1 heterocycles. The first-order chi connectivity index (χ1) is 17.9. The van der Waals surface area contributed by atoms with Crippen molar-refractivity contribution in [2.75, 3.05) is 19.8 Å². The summed E-state index contributed by atoms with van der Waals surface area (Å²) in [5.74, 6) is -3.13. The molecule has 0 spiro atoms. The SMILES string of the molecule is CC(C)(CCO)CC1NC(C(=O)NCCC(O)CO)C(C2C=CC=C(Cl)C2F)C1(N)c1ccc(Cl)cc1F. The molecular weight excluding hydrogens is 539 g/mol. The van der Waals surface area contributed by atoms with E-state index in [4.69, 9.17) is 34.0 Å². The number of alkyl halides is 1. The van der Waals surface area contributed by atoms with Gasteiger partial charge >= 0.3 is 0 Å². The first kappa shape index (κ1) is 30.9. The number of amides is 1. The van der Waals surface area contributed by atoms with E-state index in [0.717, 1.165) is 6.07 Å². The van der Waals surface area contributed by atoms with Crippen LogP contribution in [0.25, 0.3) is 0 Å². The largest absolute Gasteiger partial charge is 0.396 e. The zero-order valence-corrected chi connectivity index (χ0v) is 23.0. The Morgan fingerprint density at radius 3 is 2.66 bits per heavy atom. The van der Waals surface area contributed by atoms with E-state index >= 15 is 8.78 Å². The second-order valence-corrected chi connectivity index (χ2v) is 11.8. The van der Waals surface area contributed by atoms with Crippen molar-refractivity contribution in [1.29, 1.82) is 0 Å². The molecule has 0 bridgehead atoms. The number of carbonyl (C=O) groups is 1. The second kappa shape index (κ2) is 12.7. The summed E-state index contributed by atoms with van der Waals surface area (Å²) in [4.78, 5) is 13.5. The van der Waals surface area contributed by atoms with Gasteiger partial charge in [-0.25, -0.2) is 8.78 Å². The average molecular weight is 577 g/mol. The summed E-state index contributed by atoms with van der Waals surface area (Å²) >= 11 is 12.2. The molecule has 0 radical (unpaired) electrons. The van der Waals surface area contributed by atoms with E-state index in [1.165, 1.54) is 18.2 Å². The maximum Gasteiger partial charge on any atom is 0.237 e. The molecule has 1 aromatic carbocycles. The first-order valence-electron chi connectivity index (χ1n) is 12.7. The average Bonchev–Trinajstić information content (AvgIpc) is 3.12. The summed E-state index contributed by atoms with van der Waals surface area (Å²) in [6.07, 6.45) is 2.80. The van der Waals surface area contributed by atoms with Gasteiger partial charge in [0.15, 0.2) is 0 Å². The van der Waals surface area contributed by atoms with Crippen LogP contribution in [0, 0.1) is 23.1 Å². The van der Waals surface area contributed by atoms with Crippen LogP contribution in [0.1, 0.15) is 38.7 Å². The molecule has 0 aromatic heterocycles. The van der Waals surface area contributed by atoms with Gasteiger partial charge in [0.05, 0.1) is 29.3 Å². The first-order valence-corrected chi connectivity index (χ1v) is 13.5. The molecule has 212 valence electrons. The summed E-state index contributed by atoms with van der Waals surface area (Å²) in [5.41, 5.74) is 5.21. The highest BCUT2D eigenvalue weighted by molar-refractivity contribution is 6.30. The van der Waals surface area contributed by atoms with Crippen molar-refractivity contribution in [3.8, 4) is 0 Å². The Morgan fingerprint density at radius 2 is 2.03 bits per heavy atom. The zero-order valence-electron chi connectivity index (χ0n) is 21.5. The Labute approximate surface area is 232 Å². The lowest BCUT2D eigenvalue weighted by Crippen LogP contribution is -2.56. The van der Waals surface area contributed by atoms with Gasteiger partial charge in [0.25, 0.3) is 0 Å². The van der Waals surface area contributed by atoms with Crippen LogP contribution in [0.4, 0.5) is 8.78 Å². The van der Waals surface area contributed by atoms with Crippen LogP contribution in [0.2, 0.25) is 5.02 Å². The Bertz CT molecular complexity index is 1060. The van der Waals surface area contributed by atoms with Crippen molar-refractivity contribution in [3.05, 3.63) is 57.9 Å². The number of aliphatic hydroxyl groups is 3. The quantitative estimate of drug-likeness (QED) is 0.241. The molecular formula is C27H37Cl2F2N3O4. The molecule has 3 rings (SSSR count). The van der Waals surface area contributed by atoms with Gasteiger partial charge < -0.3 is 31.7 Å². The number of rotatable bonds is 11. The molecule has 2 aliphatic rings. The van der Waals surface area contributed by atoms with Gasteiger partial charge in [-0.15, -0.1) is 0 Å². The Hall–Kier alpha value is -1.59. The van der Waals surface area contributed by atoms with Crippen molar-refractivity contribution in [3.63, 3.8) is 0 Å². The smallest absolute Gasteiger partial charge is 0.237 e. The molecule has 1 aromatic rings. The molecule has 7 N–H and O–H groups in total. The lowest BCUT2D eigenvalue weighted by atomic mass is 9.64. The monoisotopic (exact) mass is 575 g/mol. The van der Waals surface area contributed by atoms with Gasteiger partial charge in [0, 0.05) is 41.6 Å². The number of halogens is 4. The lowest BCUT2D eigenvalue weighted by Gasteiger charge is -2.43. The number of allylic oxidation sites excluding steroid dienone is 4. The number of carbonyl (C=O) groups excluding carboxylic acids is 1. The lowest BCUT2D eigenvalue weighted by molar-refractivity contribution is -0.124. The summed E-state index contributed by atoms with van der Waals surface area (Å²) in [6.45, 7) is 3.39. The fourth-order valence-electron chi connectivity index (χ4n) is 5.65. The van der Waals surface area contributed by atoms with Crippen LogP contribution in [0.3, 0.4) is 0 Å². The molecule has 1 amide bonds. The predicted molar refractivity (Wildman–Crippen MR) is 144 cm³/mol. The van der Waals surface area contributed by atoms with Gasteiger partial charge in [-0.05, 0) is 42.9 Å². The Morgan fingerprint density at radius 1 is 1.32 bits per heavy atom. The third-order valence-electron chi connectivity index (χ3n) is 7.69. The van der Waals surface area contributed by atoms with Crippen molar-refractivity contribution in [2.45, 2.75) is 63.0 Å².